The Kier molecular flexibility index (Phi) is 4.17. The zero-order valence-electron chi connectivity index (χ0n) is 14.3. The third-order valence-electron chi connectivity index (χ3n) is 4.79. The number of nitrogens with two attached hydrogens (primary N) is 1. The van der Waals surface area contributed by atoms with Crippen LogP contribution in [0.2, 0.25) is 5.02 Å². The van der Waals surface area contributed by atoms with Crippen molar-refractivity contribution in [2.75, 3.05) is 7.11 Å². The van der Waals surface area contributed by atoms with E-state index in [0.29, 0.717) is 17.9 Å². The molecule has 0 spiro atoms. The Morgan fingerprint density at radius 1 is 1.19 bits per heavy atom. The number of methoxy groups -OCH3 is 1. The summed E-state index contributed by atoms with van der Waals surface area (Å²) < 4.78 is 7.41. The first kappa shape index (κ1) is 16.7. The van der Waals surface area contributed by atoms with Crippen LogP contribution < -0.4 is 10.5 Å². The van der Waals surface area contributed by atoms with Gasteiger partial charge in [0.15, 0.2) is 0 Å². The molecular formula is C20H18ClN3O2. The molecule has 0 radical (unpaired) electrons. The van der Waals surface area contributed by atoms with Crippen LogP contribution in [0.15, 0.2) is 48.5 Å². The van der Waals surface area contributed by atoms with Crippen molar-refractivity contribution in [3.05, 3.63) is 64.8 Å². The molecule has 1 aliphatic rings. The molecular weight excluding hydrogens is 350 g/mol. The molecule has 26 heavy (non-hydrogen) atoms. The van der Waals surface area contributed by atoms with Gasteiger partial charge in [-0.25, -0.2) is 4.68 Å². The maximum absolute atomic E-state index is 11.7. The van der Waals surface area contributed by atoms with Crippen molar-refractivity contribution in [1.29, 1.82) is 0 Å². The van der Waals surface area contributed by atoms with Crippen LogP contribution in [-0.4, -0.2) is 22.8 Å². The second-order valence-corrected chi connectivity index (χ2v) is 6.81. The lowest BCUT2D eigenvalue weighted by Crippen LogP contribution is -2.24. The molecule has 0 saturated carbocycles. The van der Waals surface area contributed by atoms with E-state index in [1.54, 1.807) is 7.11 Å². The Hall–Kier alpha value is -2.79. The molecule has 1 aliphatic carbocycles. The van der Waals surface area contributed by atoms with E-state index in [1.165, 1.54) is 0 Å². The Balaban J connectivity index is 1.92. The first-order valence-electron chi connectivity index (χ1n) is 8.38. The normalized spacial score (nSPS) is 15.7. The molecule has 2 N–H and O–H groups in total. The van der Waals surface area contributed by atoms with Crippen LogP contribution >= 0.6 is 11.6 Å². The lowest BCUT2D eigenvalue weighted by atomic mass is 10.0. The highest BCUT2D eigenvalue weighted by molar-refractivity contribution is 6.30. The highest BCUT2D eigenvalue weighted by Crippen LogP contribution is 2.38. The fourth-order valence-electron chi connectivity index (χ4n) is 3.51. The number of carbonyl (C=O) groups excluding carboxylic acids is 1. The number of hydrogen-bond acceptors (Lipinski definition) is 3. The summed E-state index contributed by atoms with van der Waals surface area (Å²) in [5.74, 6) is 0.245. The largest absolute Gasteiger partial charge is 0.494 e. The number of halogens is 1. The maximum atomic E-state index is 11.7. The third kappa shape index (κ3) is 2.74. The quantitative estimate of drug-likeness (QED) is 0.768. The van der Waals surface area contributed by atoms with E-state index in [1.807, 2.05) is 53.2 Å². The van der Waals surface area contributed by atoms with Crippen molar-refractivity contribution in [3.63, 3.8) is 0 Å². The monoisotopic (exact) mass is 367 g/mol. The second kappa shape index (κ2) is 6.50. The molecule has 1 unspecified atom stereocenters. The molecule has 6 heteroatoms. The summed E-state index contributed by atoms with van der Waals surface area (Å²) >= 11 is 6.06. The van der Waals surface area contributed by atoms with Crippen LogP contribution in [0.1, 0.15) is 11.3 Å². The number of amides is 1. The number of carbonyl (C=O) groups is 1. The lowest BCUT2D eigenvalue weighted by Gasteiger charge is -2.14. The zero-order valence-corrected chi connectivity index (χ0v) is 15.0. The van der Waals surface area contributed by atoms with E-state index in [9.17, 15) is 4.79 Å². The molecule has 1 aromatic heterocycles. The smallest absolute Gasteiger partial charge is 0.221 e. The maximum Gasteiger partial charge on any atom is 0.221 e. The molecule has 0 fully saturated rings. The predicted molar refractivity (Wildman–Crippen MR) is 101 cm³/mol. The number of para-hydroxylation sites is 2. The average Bonchev–Trinajstić information content (AvgIpc) is 3.20. The molecule has 132 valence electrons. The molecule has 4 rings (SSSR count). The Morgan fingerprint density at radius 2 is 1.92 bits per heavy atom. The van der Waals surface area contributed by atoms with Gasteiger partial charge in [-0.1, -0.05) is 35.9 Å². The number of benzene rings is 2. The summed E-state index contributed by atoms with van der Waals surface area (Å²) in [5.41, 5.74) is 10.3. The van der Waals surface area contributed by atoms with Gasteiger partial charge in [0.25, 0.3) is 0 Å². The van der Waals surface area contributed by atoms with Gasteiger partial charge in [0, 0.05) is 28.5 Å². The van der Waals surface area contributed by atoms with Crippen LogP contribution in [0.5, 0.6) is 5.75 Å². The third-order valence-corrected chi connectivity index (χ3v) is 5.04. The second-order valence-electron chi connectivity index (χ2n) is 6.37. The van der Waals surface area contributed by atoms with Gasteiger partial charge in [0.05, 0.1) is 18.5 Å². The van der Waals surface area contributed by atoms with Crippen molar-refractivity contribution >= 4 is 17.5 Å². The van der Waals surface area contributed by atoms with Crippen molar-refractivity contribution in [2.45, 2.75) is 12.8 Å². The van der Waals surface area contributed by atoms with Gasteiger partial charge in [-0.3, -0.25) is 4.79 Å². The fraction of sp³-hybridized carbons (Fsp3) is 0.200. The SMILES string of the molecule is COc1ccccc1-n1nc2c(c1-c1ccc(Cl)cc1)CC(C(N)=O)C2. The minimum atomic E-state index is -0.283. The summed E-state index contributed by atoms with van der Waals surface area (Å²) in [7, 11) is 1.64. The van der Waals surface area contributed by atoms with Crippen molar-refractivity contribution in [1.82, 2.24) is 9.78 Å². The molecule has 1 amide bonds. The van der Waals surface area contributed by atoms with Gasteiger partial charge in [-0.05, 0) is 30.7 Å². The number of primary amides is 1. The van der Waals surface area contributed by atoms with Crippen LogP contribution in [0.25, 0.3) is 16.9 Å². The Bertz CT molecular complexity index is 979. The molecule has 0 saturated heterocycles. The number of fused-ring (bicyclic) bond motifs is 1. The number of nitrogens with zero attached hydrogens (tertiary/aromatic N) is 2. The highest BCUT2D eigenvalue weighted by Gasteiger charge is 2.33. The van der Waals surface area contributed by atoms with Crippen LogP contribution in [0.3, 0.4) is 0 Å². The van der Waals surface area contributed by atoms with Gasteiger partial charge in [0.2, 0.25) is 5.91 Å². The Morgan fingerprint density at radius 3 is 2.62 bits per heavy atom. The van der Waals surface area contributed by atoms with Crippen LogP contribution in [0, 0.1) is 5.92 Å². The van der Waals surface area contributed by atoms with Crippen molar-refractivity contribution in [3.8, 4) is 22.7 Å². The topological polar surface area (TPSA) is 70.1 Å². The lowest BCUT2D eigenvalue weighted by molar-refractivity contribution is -0.121. The first-order chi connectivity index (χ1) is 12.6. The van der Waals surface area contributed by atoms with Gasteiger partial charge < -0.3 is 10.5 Å². The highest BCUT2D eigenvalue weighted by atomic mass is 35.5. The summed E-state index contributed by atoms with van der Waals surface area (Å²) in [6.07, 6.45) is 1.16. The van der Waals surface area contributed by atoms with E-state index in [2.05, 4.69) is 0 Å². The van der Waals surface area contributed by atoms with E-state index in [-0.39, 0.29) is 11.8 Å². The number of aromatic nitrogens is 2. The fourth-order valence-corrected chi connectivity index (χ4v) is 3.64. The molecule has 0 aliphatic heterocycles. The zero-order chi connectivity index (χ0) is 18.3. The van der Waals surface area contributed by atoms with Gasteiger partial charge in [-0.15, -0.1) is 0 Å². The molecule has 5 nitrogen and oxygen atoms in total. The first-order valence-corrected chi connectivity index (χ1v) is 8.75. The van der Waals surface area contributed by atoms with Crippen molar-refractivity contribution < 1.29 is 9.53 Å². The molecule has 0 bridgehead atoms. The summed E-state index contributed by atoms with van der Waals surface area (Å²) in [6, 6.07) is 15.4. The van der Waals surface area contributed by atoms with E-state index in [4.69, 9.17) is 27.2 Å². The summed E-state index contributed by atoms with van der Waals surface area (Å²) in [4.78, 5) is 11.7. The van der Waals surface area contributed by atoms with E-state index < -0.39 is 0 Å². The molecule has 3 aromatic rings. The van der Waals surface area contributed by atoms with Crippen molar-refractivity contribution in [2.24, 2.45) is 11.7 Å². The summed E-state index contributed by atoms with van der Waals surface area (Å²) in [5, 5.41) is 5.47. The summed E-state index contributed by atoms with van der Waals surface area (Å²) in [6.45, 7) is 0. The minimum Gasteiger partial charge on any atom is -0.494 e. The van der Waals surface area contributed by atoms with Crippen LogP contribution in [0.4, 0.5) is 0 Å². The minimum absolute atomic E-state index is 0.203. The standard InChI is InChI=1S/C20H18ClN3O2/c1-26-18-5-3-2-4-17(18)24-19(12-6-8-14(21)9-7-12)15-10-13(20(22)25)11-16(15)23-24/h2-9,13H,10-11H2,1H3,(H2,22,25). The average molecular weight is 368 g/mol. The van der Waals surface area contributed by atoms with Gasteiger partial charge >= 0.3 is 0 Å². The number of ether oxygens (including phenoxy) is 1. The van der Waals surface area contributed by atoms with E-state index >= 15 is 0 Å². The predicted octanol–water partition coefficient (Wildman–Crippen LogP) is 3.40. The Labute approximate surface area is 156 Å². The molecule has 2 aromatic carbocycles. The number of hydrogen-bond donors (Lipinski definition) is 1. The molecule has 1 heterocycles. The van der Waals surface area contributed by atoms with Gasteiger partial charge in [-0.2, -0.15) is 5.10 Å². The van der Waals surface area contributed by atoms with Gasteiger partial charge in [0.1, 0.15) is 11.4 Å². The number of rotatable bonds is 4. The molecule has 1 atom stereocenters. The van der Waals surface area contributed by atoms with Crippen LogP contribution in [-0.2, 0) is 17.6 Å². The van der Waals surface area contributed by atoms with E-state index in [0.717, 1.165) is 34.0 Å².